The standard InChI is InChI=1S/C11H14N2O/c1-9-4-2-3-5-10(9)7-14-8-11(13)6-12/h2-5,11H,7-8,13H2,1H3/t11-/m1/s1. The lowest BCUT2D eigenvalue weighted by Crippen LogP contribution is -2.23. The van der Waals surface area contributed by atoms with Gasteiger partial charge in [-0.15, -0.1) is 0 Å². The van der Waals surface area contributed by atoms with Crippen molar-refractivity contribution in [3.8, 4) is 6.07 Å². The average molecular weight is 190 g/mol. The van der Waals surface area contributed by atoms with Crippen molar-refractivity contribution in [3.05, 3.63) is 35.4 Å². The van der Waals surface area contributed by atoms with Gasteiger partial charge in [0.05, 0.1) is 19.3 Å². The van der Waals surface area contributed by atoms with Crippen molar-refractivity contribution >= 4 is 0 Å². The zero-order valence-corrected chi connectivity index (χ0v) is 8.23. The molecule has 0 amide bonds. The fraction of sp³-hybridized carbons (Fsp3) is 0.364. The maximum Gasteiger partial charge on any atom is 0.116 e. The molecule has 1 atom stereocenters. The largest absolute Gasteiger partial charge is 0.374 e. The molecule has 0 aliphatic rings. The molecule has 0 bridgehead atoms. The van der Waals surface area contributed by atoms with Crippen LogP contribution in [-0.2, 0) is 11.3 Å². The van der Waals surface area contributed by atoms with Crippen molar-refractivity contribution < 1.29 is 4.74 Å². The van der Waals surface area contributed by atoms with Crippen LogP contribution in [0.1, 0.15) is 11.1 Å². The van der Waals surface area contributed by atoms with Gasteiger partial charge in [-0.05, 0) is 18.1 Å². The summed E-state index contributed by atoms with van der Waals surface area (Å²) >= 11 is 0. The maximum absolute atomic E-state index is 8.43. The highest BCUT2D eigenvalue weighted by Gasteiger charge is 2.01. The quantitative estimate of drug-likeness (QED) is 0.779. The first-order valence-electron chi connectivity index (χ1n) is 4.51. The van der Waals surface area contributed by atoms with Crippen molar-refractivity contribution in [2.24, 2.45) is 5.73 Å². The summed E-state index contributed by atoms with van der Waals surface area (Å²) in [6.07, 6.45) is 0. The predicted octanol–water partition coefficient (Wildman–Crippen LogP) is 1.36. The molecule has 1 aromatic carbocycles. The number of nitrogens with two attached hydrogens (primary N) is 1. The van der Waals surface area contributed by atoms with Gasteiger partial charge in [-0.1, -0.05) is 24.3 Å². The smallest absolute Gasteiger partial charge is 0.116 e. The number of rotatable bonds is 4. The second kappa shape index (κ2) is 5.38. The topological polar surface area (TPSA) is 59.0 Å². The molecule has 0 spiro atoms. The molecule has 2 N–H and O–H groups in total. The number of hydrogen-bond donors (Lipinski definition) is 1. The van der Waals surface area contributed by atoms with E-state index in [9.17, 15) is 0 Å². The van der Waals surface area contributed by atoms with E-state index < -0.39 is 6.04 Å². The van der Waals surface area contributed by atoms with Crippen LogP contribution in [0, 0.1) is 18.3 Å². The predicted molar refractivity (Wildman–Crippen MR) is 54.4 cm³/mol. The third-order valence-corrected chi connectivity index (χ3v) is 1.98. The van der Waals surface area contributed by atoms with E-state index in [0.29, 0.717) is 6.61 Å². The second-order valence-corrected chi connectivity index (χ2v) is 3.18. The first kappa shape index (κ1) is 10.7. The van der Waals surface area contributed by atoms with E-state index in [-0.39, 0.29) is 6.61 Å². The summed E-state index contributed by atoms with van der Waals surface area (Å²) in [6.45, 7) is 2.83. The summed E-state index contributed by atoms with van der Waals surface area (Å²) in [5, 5.41) is 8.43. The monoisotopic (exact) mass is 190 g/mol. The zero-order valence-electron chi connectivity index (χ0n) is 8.23. The van der Waals surface area contributed by atoms with Gasteiger partial charge in [0.25, 0.3) is 0 Å². The average Bonchev–Trinajstić information content (AvgIpc) is 2.20. The first-order chi connectivity index (χ1) is 6.74. The first-order valence-corrected chi connectivity index (χ1v) is 4.51. The molecule has 0 aliphatic carbocycles. The highest BCUT2D eigenvalue weighted by Crippen LogP contribution is 2.07. The van der Waals surface area contributed by atoms with Crippen LogP contribution in [0.4, 0.5) is 0 Å². The SMILES string of the molecule is Cc1ccccc1COC[C@H](N)C#N. The molecule has 3 heteroatoms. The maximum atomic E-state index is 8.43. The van der Waals surface area contributed by atoms with Gasteiger partial charge in [-0.25, -0.2) is 0 Å². The van der Waals surface area contributed by atoms with Gasteiger partial charge < -0.3 is 10.5 Å². The number of ether oxygens (including phenoxy) is 1. The highest BCUT2D eigenvalue weighted by atomic mass is 16.5. The molecular formula is C11H14N2O. The molecule has 0 radical (unpaired) electrons. The highest BCUT2D eigenvalue weighted by molar-refractivity contribution is 5.24. The van der Waals surface area contributed by atoms with E-state index in [2.05, 4.69) is 0 Å². The van der Waals surface area contributed by atoms with Gasteiger partial charge in [0.15, 0.2) is 0 Å². The molecule has 3 nitrogen and oxygen atoms in total. The molecule has 0 aromatic heterocycles. The number of aryl methyl sites for hydroxylation is 1. The number of hydrogen-bond acceptors (Lipinski definition) is 3. The van der Waals surface area contributed by atoms with Crippen LogP contribution in [0.5, 0.6) is 0 Å². The summed E-state index contributed by atoms with van der Waals surface area (Å²) in [5.74, 6) is 0. The number of nitrogens with zero attached hydrogens (tertiary/aromatic N) is 1. The van der Waals surface area contributed by atoms with E-state index >= 15 is 0 Å². The molecule has 0 saturated heterocycles. The van der Waals surface area contributed by atoms with E-state index in [4.69, 9.17) is 15.7 Å². The Morgan fingerprint density at radius 1 is 1.50 bits per heavy atom. The molecule has 74 valence electrons. The lowest BCUT2D eigenvalue weighted by molar-refractivity contribution is 0.117. The van der Waals surface area contributed by atoms with E-state index in [1.807, 2.05) is 37.3 Å². The Bertz CT molecular complexity index is 330. The van der Waals surface area contributed by atoms with Crippen LogP contribution in [0.15, 0.2) is 24.3 Å². The minimum absolute atomic E-state index is 0.283. The van der Waals surface area contributed by atoms with E-state index in [0.717, 1.165) is 5.56 Å². The summed E-state index contributed by atoms with van der Waals surface area (Å²) < 4.78 is 5.31. The Morgan fingerprint density at radius 2 is 2.21 bits per heavy atom. The Morgan fingerprint density at radius 3 is 2.86 bits per heavy atom. The van der Waals surface area contributed by atoms with Crippen LogP contribution in [0.3, 0.4) is 0 Å². The van der Waals surface area contributed by atoms with Crippen LogP contribution >= 0.6 is 0 Å². The molecule has 0 aliphatic heterocycles. The minimum Gasteiger partial charge on any atom is -0.374 e. The van der Waals surface area contributed by atoms with E-state index in [1.54, 1.807) is 0 Å². The normalized spacial score (nSPS) is 12.1. The van der Waals surface area contributed by atoms with E-state index in [1.165, 1.54) is 5.56 Å². The van der Waals surface area contributed by atoms with Crippen LogP contribution < -0.4 is 5.73 Å². The molecule has 1 rings (SSSR count). The van der Waals surface area contributed by atoms with Gasteiger partial charge in [-0.2, -0.15) is 5.26 Å². The molecule has 0 unspecified atom stereocenters. The van der Waals surface area contributed by atoms with Gasteiger partial charge in [0, 0.05) is 0 Å². The number of benzene rings is 1. The Balaban J connectivity index is 2.40. The minimum atomic E-state index is -0.529. The summed E-state index contributed by atoms with van der Waals surface area (Å²) in [6, 6.07) is 9.38. The Hall–Kier alpha value is -1.37. The van der Waals surface area contributed by atoms with Crippen LogP contribution in [0.25, 0.3) is 0 Å². The summed E-state index contributed by atoms with van der Waals surface area (Å²) in [7, 11) is 0. The summed E-state index contributed by atoms with van der Waals surface area (Å²) in [4.78, 5) is 0. The van der Waals surface area contributed by atoms with Crippen LogP contribution in [-0.4, -0.2) is 12.6 Å². The molecule has 0 heterocycles. The van der Waals surface area contributed by atoms with Crippen LogP contribution in [0.2, 0.25) is 0 Å². The zero-order chi connectivity index (χ0) is 10.4. The Kier molecular flexibility index (Phi) is 4.11. The fourth-order valence-corrected chi connectivity index (χ4v) is 1.11. The molecular weight excluding hydrogens is 176 g/mol. The molecule has 1 aromatic rings. The van der Waals surface area contributed by atoms with Crippen molar-refractivity contribution in [2.45, 2.75) is 19.6 Å². The molecule has 14 heavy (non-hydrogen) atoms. The van der Waals surface area contributed by atoms with Crippen molar-refractivity contribution in [3.63, 3.8) is 0 Å². The summed E-state index contributed by atoms with van der Waals surface area (Å²) in [5.41, 5.74) is 7.72. The van der Waals surface area contributed by atoms with Crippen molar-refractivity contribution in [2.75, 3.05) is 6.61 Å². The third kappa shape index (κ3) is 3.17. The third-order valence-electron chi connectivity index (χ3n) is 1.98. The molecule has 0 fully saturated rings. The Labute approximate surface area is 84.1 Å². The lowest BCUT2D eigenvalue weighted by atomic mass is 10.1. The van der Waals surface area contributed by atoms with Gasteiger partial charge in [-0.3, -0.25) is 0 Å². The lowest BCUT2D eigenvalue weighted by Gasteiger charge is -2.07. The van der Waals surface area contributed by atoms with Gasteiger partial charge >= 0.3 is 0 Å². The molecule has 0 saturated carbocycles. The van der Waals surface area contributed by atoms with Gasteiger partial charge in [0.1, 0.15) is 6.04 Å². The second-order valence-electron chi connectivity index (χ2n) is 3.18. The van der Waals surface area contributed by atoms with Crippen molar-refractivity contribution in [1.82, 2.24) is 0 Å². The number of nitriles is 1. The van der Waals surface area contributed by atoms with Gasteiger partial charge in [0.2, 0.25) is 0 Å². The van der Waals surface area contributed by atoms with Crippen molar-refractivity contribution in [1.29, 1.82) is 5.26 Å². The fourth-order valence-electron chi connectivity index (χ4n) is 1.11.